The number of alkyl halides is 3. The Morgan fingerprint density at radius 2 is 2.07 bits per heavy atom. The lowest BCUT2D eigenvalue weighted by Gasteiger charge is -2.16. The van der Waals surface area contributed by atoms with Crippen LogP contribution < -0.4 is 10.6 Å². The van der Waals surface area contributed by atoms with Crippen molar-refractivity contribution < 1.29 is 27.9 Å². The van der Waals surface area contributed by atoms with E-state index in [9.17, 15) is 27.9 Å². The van der Waals surface area contributed by atoms with E-state index in [1.807, 2.05) is 0 Å². The number of amides is 1. The van der Waals surface area contributed by atoms with Crippen molar-refractivity contribution in [2.45, 2.75) is 19.1 Å². The molecule has 0 saturated heterocycles. The number of hydrogen-bond donors (Lipinski definition) is 4. The lowest BCUT2D eigenvalue weighted by molar-refractivity contribution is -0.138. The zero-order valence-corrected chi connectivity index (χ0v) is 14.8. The number of carboxylic acid groups (broad SMARTS) is 1. The molecule has 13 heteroatoms. The average molecular weight is 409 g/mol. The van der Waals surface area contributed by atoms with E-state index in [2.05, 4.69) is 30.2 Å². The van der Waals surface area contributed by atoms with Crippen molar-refractivity contribution in [3.8, 4) is 11.4 Å². The third-order valence-corrected chi connectivity index (χ3v) is 3.76. The lowest BCUT2D eigenvalue weighted by atomic mass is 10.2. The van der Waals surface area contributed by atoms with Crippen LogP contribution in [0.5, 0.6) is 0 Å². The normalized spacial score (nSPS) is 12.6. The fourth-order valence-electron chi connectivity index (χ4n) is 2.42. The summed E-state index contributed by atoms with van der Waals surface area (Å²) < 4.78 is 36.8. The Labute approximate surface area is 160 Å². The van der Waals surface area contributed by atoms with Gasteiger partial charge in [-0.25, -0.2) is 24.7 Å². The molecule has 10 nitrogen and oxygen atoms in total. The molecule has 0 aliphatic heterocycles. The first-order valence-corrected chi connectivity index (χ1v) is 8.15. The monoisotopic (exact) mass is 409 g/mol. The van der Waals surface area contributed by atoms with E-state index in [4.69, 9.17) is 0 Å². The Hall–Kier alpha value is -3.77. The van der Waals surface area contributed by atoms with Crippen molar-refractivity contribution in [1.82, 2.24) is 30.2 Å². The molecule has 0 spiro atoms. The number of carboxylic acids is 1. The summed E-state index contributed by atoms with van der Waals surface area (Å²) in [4.78, 5) is 42.2. The number of carbonyl (C=O) groups excluding carboxylic acids is 1. The second-order valence-corrected chi connectivity index (χ2v) is 5.95. The maximum absolute atomic E-state index is 12.3. The highest BCUT2D eigenvalue weighted by molar-refractivity contribution is 5.93. The standard InChI is InChI=1S/C16H14F3N7O3/c1-7(14(27)22-5-16(17,18)19)24-11-2-10(15(28)29)25-13(26-11)9-4-21-12-8(9)3-20-6-23-12/h2-4,6-7H,5H2,1H3,(H,22,27)(H,28,29)(H,20,21,23)(H,24,25,26)/t7-/m0/s1. The summed E-state index contributed by atoms with van der Waals surface area (Å²) in [5, 5.41) is 14.2. The minimum atomic E-state index is -4.55. The minimum absolute atomic E-state index is 0.0105. The van der Waals surface area contributed by atoms with Crippen LogP contribution in [-0.2, 0) is 4.79 Å². The van der Waals surface area contributed by atoms with Crippen molar-refractivity contribution in [2.24, 2.45) is 0 Å². The predicted octanol–water partition coefficient (Wildman–Crippen LogP) is 1.59. The third-order valence-electron chi connectivity index (χ3n) is 3.76. The average Bonchev–Trinajstić information content (AvgIpc) is 3.09. The number of aromatic amines is 1. The van der Waals surface area contributed by atoms with E-state index in [1.165, 1.54) is 25.6 Å². The van der Waals surface area contributed by atoms with E-state index in [0.717, 1.165) is 6.07 Å². The first-order chi connectivity index (χ1) is 13.6. The Balaban J connectivity index is 1.89. The number of nitrogens with one attached hydrogen (secondary N) is 3. The van der Waals surface area contributed by atoms with Gasteiger partial charge in [0.2, 0.25) is 5.91 Å². The van der Waals surface area contributed by atoms with Gasteiger partial charge < -0.3 is 20.7 Å². The summed E-state index contributed by atoms with van der Waals surface area (Å²) in [6.45, 7) is -0.171. The van der Waals surface area contributed by atoms with E-state index >= 15 is 0 Å². The maximum Gasteiger partial charge on any atom is 0.405 e. The lowest BCUT2D eigenvalue weighted by Crippen LogP contribution is -2.42. The topological polar surface area (TPSA) is 146 Å². The van der Waals surface area contributed by atoms with Gasteiger partial charge in [-0.3, -0.25) is 4.79 Å². The van der Waals surface area contributed by atoms with Crippen LogP contribution in [0.1, 0.15) is 17.4 Å². The van der Waals surface area contributed by atoms with Gasteiger partial charge in [-0.2, -0.15) is 13.2 Å². The highest BCUT2D eigenvalue weighted by atomic mass is 19.4. The predicted molar refractivity (Wildman–Crippen MR) is 94.0 cm³/mol. The summed E-state index contributed by atoms with van der Waals surface area (Å²) in [6.07, 6.45) is -0.217. The second-order valence-electron chi connectivity index (χ2n) is 5.95. The second kappa shape index (κ2) is 7.69. The van der Waals surface area contributed by atoms with Crippen LogP contribution in [0.2, 0.25) is 0 Å². The van der Waals surface area contributed by atoms with E-state index in [1.54, 1.807) is 5.32 Å². The van der Waals surface area contributed by atoms with Crippen molar-refractivity contribution in [3.05, 3.63) is 30.5 Å². The summed E-state index contributed by atoms with van der Waals surface area (Å²) in [5.74, 6) is -2.31. The molecule has 152 valence electrons. The molecular weight excluding hydrogens is 395 g/mol. The maximum atomic E-state index is 12.3. The Morgan fingerprint density at radius 1 is 1.31 bits per heavy atom. The molecule has 4 N–H and O–H groups in total. The number of hydrogen-bond acceptors (Lipinski definition) is 7. The van der Waals surface area contributed by atoms with Crippen LogP contribution in [-0.4, -0.2) is 60.7 Å². The van der Waals surface area contributed by atoms with Gasteiger partial charge in [0.25, 0.3) is 0 Å². The molecule has 1 atom stereocenters. The van der Waals surface area contributed by atoms with Gasteiger partial charge in [0, 0.05) is 29.4 Å². The first kappa shape index (κ1) is 20.0. The quantitative estimate of drug-likeness (QED) is 0.480. The van der Waals surface area contributed by atoms with Crippen molar-refractivity contribution in [1.29, 1.82) is 0 Å². The van der Waals surface area contributed by atoms with Crippen molar-refractivity contribution in [3.63, 3.8) is 0 Å². The molecule has 3 rings (SSSR count). The number of fused-ring (bicyclic) bond motifs is 1. The molecular formula is C16H14F3N7O3. The molecule has 0 fully saturated rings. The molecule has 0 bridgehead atoms. The zero-order valence-electron chi connectivity index (χ0n) is 14.8. The zero-order chi connectivity index (χ0) is 21.2. The fraction of sp³-hybridized carbons (Fsp3) is 0.250. The van der Waals surface area contributed by atoms with Gasteiger partial charge in [-0.1, -0.05) is 0 Å². The largest absolute Gasteiger partial charge is 0.477 e. The molecule has 3 aromatic rings. The summed E-state index contributed by atoms with van der Waals surface area (Å²) in [6, 6.07) is -0.0434. The van der Waals surface area contributed by atoms with Crippen LogP contribution >= 0.6 is 0 Å². The smallest absolute Gasteiger partial charge is 0.405 e. The first-order valence-electron chi connectivity index (χ1n) is 8.15. The highest BCUT2D eigenvalue weighted by Gasteiger charge is 2.29. The van der Waals surface area contributed by atoms with E-state index in [-0.39, 0.29) is 17.3 Å². The van der Waals surface area contributed by atoms with Gasteiger partial charge in [0.1, 0.15) is 30.4 Å². The number of rotatable bonds is 6. The molecule has 0 saturated carbocycles. The van der Waals surface area contributed by atoms with Crippen molar-refractivity contribution in [2.75, 3.05) is 11.9 Å². The van der Waals surface area contributed by atoms with Gasteiger partial charge in [0.15, 0.2) is 11.5 Å². The summed E-state index contributed by atoms with van der Waals surface area (Å²) in [5.41, 5.74) is 0.529. The number of aromatic nitrogens is 5. The molecule has 3 heterocycles. The molecule has 3 aromatic heterocycles. The van der Waals surface area contributed by atoms with Gasteiger partial charge >= 0.3 is 12.1 Å². The summed E-state index contributed by atoms with van der Waals surface area (Å²) in [7, 11) is 0. The molecule has 0 radical (unpaired) electrons. The Morgan fingerprint density at radius 3 is 2.76 bits per heavy atom. The van der Waals surface area contributed by atoms with Crippen LogP contribution in [0.25, 0.3) is 22.4 Å². The van der Waals surface area contributed by atoms with Gasteiger partial charge in [0.05, 0.1) is 0 Å². The van der Waals surface area contributed by atoms with Crippen molar-refractivity contribution >= 4 is 28.7 Å². The summed E-state index contributed by atoms with van der Waals surface area (Å²) >= 11 is 0. The number of halogens is 3. The minimum Gasteiger partial charge on any atom is -0.477 e. The third kappa shape index (κ3) is 4.75. The number of anilines is 1. The SMILES string of the molecule is C[C@H](Nc1cc(C(=O)O)nc(-c2c[nH]c3ncncc23)n1)C(=O)NCC(F)(F)F. The molecule has 1 amide bonds. The molecule has 0 unspecified atom stereocenters. The molecule has 29 heavy (non-hydrogen) atoms. The van der Waals surface area contributed by atoms with Gasteiger partial charge in [-0.15, -0.1) is 0 Å². The van der Waals surface area contributed by atoms with Crippen LogP contribution in [0.15, 0.2) is 24.8 Å². The number of aromatic carboxylic acids is 1. The molecule has 0 aliphatic rings. The van der Waals surface area contributed by atoms with E-state index < -0.39 is 30.6 Å². The highest BCUT2D eigenvalue weighted by Crippen LogP contribution is 2.25. The van der Waals surface area contributed by atoms with Crippen LogP contribution in [0.4, 0.5) is 19.0 Å². The van der Waals surface area contributed by atoms with Crippen LogP contribution in [0, 0.1) is 0 Å². The van der Waals surface area contributed by atoms with Gasteiger partial charge in [-0.05, 0) is 6.92 Å². The van der Waals surface area contributed by atoms with Crippen LogP contribution in [0.3, 0.4) is 0 Å². The Bertz CT molecular complexity index is 1070. The number of H-pyrrole nitrogens is 1. The van der Waals surface area contributed by atoms with E-state index in [0.29, 0.717) is 16.6 Å². The number of carbonyl (C=O) groups is 2. The number of nitrogens with zero attached hydrogens (tertiary/aromatic N) is 4. The molecule has 0 aromatic carbocycles. The Kier molecular flexibility index (Phi) is 5.30. The molecule has 0 aliphatic carbocycles. The fourth-order valence-corrected chi connectivity index (χ4v) is 2.42.